The van der Waals surface area contributed by atoms with Gasteiger partial charge in [-0.1, -0.05) is 23.2 Å². The second-order valence-corrected chi connectivity index (χ2v) is 7.65. The zero-order valence-corrected chi connectivity index (χ0v) is 17.1. The lowest BCUT2D eigenvalue weighted by Crippen LogP contribution is -2.52. The fourth-order valence-corrected chi connectivity index (χ4v) is 3.70. The molecule has 2 N–H and O–H groups in total. The summed E-state index contributed by atoms with van der Waals surface area (Å²) in [5.74, 6) is 0. The molecule has 1 aromatic heterocycles. The van der Waals surface area contributed by atoms with Crippen molar-refractivity contribution in [3.8, 4) is 0 Å². The summed E-state index contributed by atoms with van der Waals surface area (Å²) in [5.41, 5.74) is 6.32. The molecule has 0 spiro atoms. The first kappa shape index (κ1) is 21.7. The van der Waals surface area contributed by atoms with Crippen molar-refractivity contribution < 1.29 is 18.0 Å². The van der Waals surface area contributed by atoms with Gasteiger partial charge in [0.1, 0.15) is 6.29 Å². The Morgan fingerprint density at radius 3 is 2.41 bits per heavy atom. The van der Waals surface area contributed by atoms with E-state index in [0.29, 0.717) is 36.9 Å². The minimum absolute atomic E-state index is 0.000966. The number of benzene rings is 1. The maximum atomic E-state index is 13.0. The van der Waals surface area contributed by atoms with Crippen molar-refractivity contribution in [3.05, 3.63) is 39.6 Å². The molecule has 6 nitrogen and oxygen atoms in total. The van der Waals surface area contributed by atoms with Gasteiger partial charge in [-0.15, -0.1) is 0 Å². The Morgan fingerprint density at radius 1 is 1.24 bits per heavy atom. The van der Waals surface area contributed by atoms with E-state index < -0.39 is 22.9 Å². The van der Waals surface area contributed by atoms with Gasteiger partial charge in [-0.05, 0) is 25.1 Å². The standard InChI is InChI=1S/C18H20Cl2F3N5O/c1-11-16(20)17(18(21,22)23)25-28(11)9-13(10-29)27-6-4-26(5-7-27)12-2-3-14(19)15(24)8-12/h2-3,8,10,13H,4-7,9,24H2,1H3. The number of aldehydes is 1. The molecular formula is C18H20Cl2F3N5O. The second kappa shape index (κ2) is 8.41. The van der Waals surface area contributed by atoms with Crippen LogP contribution < -0.4 is 10.6 Å². The maximum absolute atomic E-state index is 13.0. The number of rotatable bonds is 5. The molecule has 0 amide bonds. The lowest BCUT2D eigenvalue weighted by molar-refractivity contribution is -0.141. The van der Waals surface area contributed by atoms with E-state index in [0.717, 1.165) is 16.7 Å². The average Bonchev–Trinajstić information content (AvgIpc) is 2.97. The summed E-state index contributed by atoms with van der Waals surface area (Å²) < 4.78 is 40.2. The molecule has 1 fully saturated rings. The van der Waals surface area contributed by atoms with Crippen LogP contribution in [0.25, 0.3) is 0 Å². The van der Waals surface area contributed by atoms with Gasteiger partial charge >= 0.3 is 6.18 Å². The zero-order valence-electron chi connectivity index (χ0n) is 15.6. The van der Waals surface area contributed by atoms with E-state index >= 15 is 0 Å². The highest BCUT2D eigenvalue weighted by atomic mass is 35.5. The third kappa shape index (κ3) is 4.62. The van der Waals surface area contributed by atoms with E-state index in [1.807, 2.05) is 11.0 Å². The highest BCUT2D eigenvalue weighted by Crippen LogP contribution is 2.35. The van der Waals surface area contributed by atoms with E-state index in [1.165, 1.54) is 6.92 Å². The molecule has 0 saturated carbocycles. The first-order valence-electron chi connectivity index (χ1n) is 8.91. The normalized spacial score (nSPS) is 16.8. The van der Waals surface area contributed by atoms with Crippen LogP contribution in [0.2, 0.25) is 10.0 Å². The topological polar surface area (TPSA) is 67.4 Å². The fourth-order valence-electron chi connectivity index (χ4n) is 3.34. The summed E-state index contributed by atoms with van der Waals surface area (Å²) in [6, 6.07) is 4.79. The third-order valence-corrected chi connectivity index (χ3v) is 5.84. The molecular weight excluding hydrogens is 430 g/mol. The van der Waals surface area contributed by atoms with Gasteiger partial charge in [0.05, 0.1) is 34.0 Å². The van der Waals surface area contributed by atoms with Gasteiger partial charge in [-0.25, -0.2) is 0 Å². The van der Waals surface area contributed by atoms with Gasteiger partial charge in [0.2, 0.25) is 0 Å². The fraction of sp³-hybridized carbons (Fsp3) is 0.444. The Kier molecular flexibility index (Phi) is 6.30. The van der Waals surface area contributed by atoms with Gasteiger partial charge in [-0.3, -0.25) is 9.58 Å². The predicted octanol–water partition coefficient (Wildman–Crippen LogP) is 3.49. The Morgan fingerprint density at radius 2 is 1.90 bits per heavy atom. The lowest BCUT2D eigenvalue weighted by atomic mass is 10.2. The van der Waals surface area contributed by atoms with Crippen LogP contribution >= 0.6 is 23.2 Å². The number of nitrogens with two attached hydrogens (primary N) is 1. The van der Waals surface area contributed by atoms with Gasteiger partial charge in [0.25, 0.3) is 0 Å². The number of anilines is 2. The summed E-state index contributed by atoms with van der Waals surface area (Å²) in [5, 5.41) is 3.63. The number of carbonyl (C=O) groups excluding carboxylic acids is 1. The van der Waals surface area contributed by atoms with Crippen molar-refractivity contribution in [1.82, 2.24) is 14.7 Å². The number of hydrogen-bond acceptors (Lipinski definition) is 5. The number of nitrogens with zero attached hydrogens (tertiary/aromatic N) is 4. The van der Waals surface area contributed by atoms with Gasteiger partial charge in [-0.2, -0.15) is 18.3 Å². The predicted molar refractivity (Wildman–Crippen MR) is 106 cm³/mol. The Balaban J connectivity index is 1.68. The molecule has 0 radical (unpaired) electrons. The van der Waals surface area contributed by atoms with Crippen LogP contribution in [0, 0.1) is 6.92 Å². The Bertz CT molecular complexity index is 894. The van der Waals surface area contributed by atoms with Gasteiger partial charge < -0.3 is 15.4 Å². The van der Waals surface area contributed by atoms with E-state index in [2.05, 4.69) is 10.00 Å². The first-order chi connectivity index (χ1) is 13.6. The molecule has 1 saturated heterocycles. The van der Waals surface area contributed by atoms with Crippen LogP contribution in [0.3, 0.4) is 0 Å². The molecule has 1 aliphatic rings. The van der Waals surface area contributed by atoms with Crippen LogP contribution in [0.15, 0.2) is 18.2 Å². The lowest BCUT2D eigenvalue weighted by Gasteiger charge is -2.38. The molecule has 1 aliphatic heterocycles. The summed E-state index contributed by atoms with van der Waals surface area (Å²) in [7, 11) is 0. The third-order valence-electron chi connectivity index (χ3n) is 5.05. The summed E-state index contributed by atoms with van der Waals surface area (Å²) in [4.78, 5) is 15.7. The molecule has 29 heavy (non-hydrogen) atoms. The SMILES string of the molecule is Cc1c(Cl)c(C(F)(F)F)nn1CC(C=O)N1CCN(c2ccc(Cl)c(N)c2)CC1. The number of alkyl halides is 3. The molecule has 2 aromatic rings. The number of piperazine rings is 1. The smallest absolute Gasteiger partial charge is 0.397 e. The van der Waals surface area contributed by atoms with Crippen molar-refractivity contribution in [2.75, 3.05) is 36.8 Å². The number of hydrogen-bond donors (Lipinski definition) is 1. The minimum atomic E-state index is -4.64. The quantitative estimate of drug-likeness (QED) is 0.558. The number of aromatic nitrogens is 2. The van der Waals surface area contributed by atoms with Crippen molar-refractivity contribution in [3.63, 3.8) is 0 Å². The van der Waals surface area contributed by atoms with Crippen LogP contribution in [0.5, 0.6) is 0 Å². The van der Waals surface area contributed by atoms with E-state index in [-0.39, 0.29) is 12.2 Å². The summed E-state index contributed by atoms with van der Waals surface area (Å²) >= 11 is 11.7. The molecule has 1 aromatic carbocycles. The maximum Gasteiger partial charge on any atom is 0.436 e. The van der Waals surface area contributed by atoms with Crippen molar-refractivity contribution in [1.29, 1.82) is 0 Å². The van der Waals surface area contributed by atoms with Crippen LogP contribution in [0.4, 0.5) is 24.5 Å². The van der Waals surface area contributed by atoms with Crippen molar-refractivity contribution in [2.24, 2.45) is 0 Å². The Hall–Kier alpha value is -1.97. The van der Waals surface area contributed by atoms with E-state index in [4.69, 9.17) is 28.9 Å². The molecule has 158 valence electrons. The average molecular weight is 450 g/mol. The summed E-state index contributed by atoms with van der Waals surface area (Å²) in [6.07, 6.45) is -3.91. The molecule has 2 heterocycles. The van der Waals surface area contributed by atoms with Crippen LogP contribution in [0.1, 0.15) is 11.4 Å². The molecule has 0 bridgehead atoms. The second-order valence-electron chi connectivity index (χ2n) is 6.86. The van der Waals surface area contributed by atoms with E-state index in [9.17, 15) is 18.0 Å². The molecule has 11 heteroatoms. The largest absolute Gasteiger partial charge is 0.436 e. The first-order valence-corrected chi connectivity index (χ1v) is 9.66. The van der Waals surface area contributed by atoms with Crippen LogP contribution in [-0.2, 0) is 17.5 Å². The van der Waals surface area contributed by atoms with Gasteiger partial charge in [0, 0.05) is 31.9 Å². The summed E-state index contributed by atoms with van der Waals surface area (Å²) in [6.45, 7) is 3.85. The Labute approximate surface area is 175 Å². The van der Waals surface area contributed by atoms with Crippen LogP contribution in [-0.4, -0.2) is 53.2 Å². The number of nitrogen functional groups attached to an aromatic ring is 1. The highest BCUT2D eigenvalue weighted by molar-refractivity contribution is 6.33. The molecule has 1 atom stereocenters. The molecule has 3 rings (SSSR count). The molecule has 0 aliphatic carbocycles. The molecule has 1 unspecified atom stereocenters. The monoisotopic (exact) mass is 449 g/mol. The number of halogens is 5. The number of carbonyl (C=O) groups is 1. The van der Waals surface area contributed by atoms with Crippen molar-refractivity contribution in [2.45, 2.75) is 25.7 Å². The zero-order chi connectivity index (χ0) is 21.3. The minimum Gasteiger partial charge on any atom is -0.397 e. The highest BCUT2D eigenvalue weighted by Gasteiger charge is 2.38. The van der Waals surface area contributed by atoms with Gasteiger partial charge in [0.15, 0.2) is 5.69 Å². The van der Waals surface area contributed by atoms with Crippen molar-refractivity contribution >= 4 is 40.9 Å². The van der Waals surface area contributed by atoms with E-state index in [1.54, 1.807) is 12.1 Å².